The van der Waals surface area contributed by atoms with Crippen molar-refractivity contribution >= 4 is 11.5 Å². The highest BCUT2D eigenvalue weighted by molar-refractivity contribution is 5.60. The summed E-state index contributed by atoms with van der Waals surface area (Å²) in [5, 5.41) is 9.27. The van der Waals surface area contributed by atoms with Gasteiger partial charge in [-0.2, -0.15) is 0 Å². The van der Waals surface area contributed by atoms with Crippen molar-refractivity contribution in [3.63, 3.8) is 0 Å². The van der Waals surface area contributed by atoms with Crippen molar-refractivity contribution in [2.24, 2.45) is 0 Å². The third-order valence-corrected chi connectivity index (χ3v) is 1.58. The van der Waals surface area contributed by atoms with Crippen LogP contribution in [0.5, 0.6) is 5.75 Å². The van der Waals surface area contributed by atoms with E-state index in [9.17, 15) is 5.11 Å². The lowest BCUT2D eigenvalue weighted by molar-refractivity contribution is 0.479. The van der Waals surface area contributed by atoms with E-state index in [1.54, 1.807) is 22.7 Å². The van der Waals surface area contributed by atoms with Crippen LogP contribution in [-0.2, 0) is 0 Å². The number of imidazole rings is 1. The summed E-state index contributed by atoms with van der Waals surface area (Å²) in [4.78, 5) is 3.84. The lowest BCUT2D eigenvalue weighted by Crippen LogP contribution is -1.92. The molecule has 0 aliphatic heterocycles. The maximum atomic E-state index is 9.27. The Kier molecular flexibility index (Phi) is 1.03. The maximum absolute atomic E-state index is 9.27. The van der Waals surface area contributed by atoms with Crippen molar-refractivity contribution in [2.75, 3.05) is 5.73 Å². The second-order valence-electron chi connectivity index (χ2n) is 2.27. The molecule has 0 amide bonds. The van der Waals surface area contributed by atoms with E-state index in [2.05, 4.69) is 4.98 Å². The molecule has 0 saturated heterocycles. The Balaban J connectivity index is 2.94. The molecule has 11 heavy (non-hydrogen) atoms. The molecule has 4 heteroatoms. The number of rotatable bonds is 0. The molecule has 0 aromatic carbocycles. The van der Waals surface area contributed by atoms with Crippen LogP contribution in [0.2, 0.25) is 0 Å². The number of anilines is 1. The smallest absolute Gasteiger partial charge is 0.204 e. The molecule has 0 aliphatic carbocycles. The van der Waals surface area contributed by atoms with Crippen molar-refractivity contribution in [1.29, 1.82) is 0 Å². The Morgan fingerprint density at radius 3 is 3.09 bits per heavy atom. The first-order valence-electron chi connectivity index (χ1n) is 3.19. The van der Waals surface area contributed by atoms with Gasteiger partial charge in [0.1, 0.15) is 11.3 Å². The summed E-state index contributed by atoms with van der Waals surface area (Å²) in [5.41, 5.74) is 6.12. The van der Waals surface area contributed by atoms with Crippen LogP contribution in [0.4, 0.5) is 5.95 Å². The normalized spacial score (nSPS) is 10.5. The zero-order valence-corrected chi connectivity index (χ0v) is 5.73. The molecule has 0 atom stereocenters. The van der Waals surface area contributed by atoms with Crippen LogP contribution < -0.4 is 5.73 Å². The van der Waals surface area contributed by atoms with E-state index < -0.39 is 0 Å². The SMILES string of the molecule is Nc1ncc2c(O)cccn12. The van der Waals surface area contributed by atoms with Gasteiger partial charge in [0.05, 0.1) is 6.20 Å². The molecule has 3 N–H and O–H groups in total. The number of hydrogen-bond acceptors (Lipinski definition) is 3. The lowest BCUT2D eigenvalue weighted by atomic mass is 10.4. The molecular weight excluding hydrogens is 142 g/mol. The van der Waals surface area contributed by atoms with Gasteiger partial charge < -0.3 is 10.8 Å². The van der Waals surface area contributed by atoms with Crippen molar-refractivity contribution in [1.82, 2.24) is 9.38 Å². The quantitative estimate of drug-likeness (QED) is 0.577. The van der Waals surface area contributed by atoms with Crippen LogP contribution in [0.3, 0.4) is 0 Å². The Morgan fingerprint density at radius 1 is 1.55 bits per heavy atom. The van der Waals surface area contributed by atoms with Crippen molar-refractivity contribution in [3.8, 4) is 5.75 Å². The van der Waals surface area contributed by atoms with E-state index >= 15 is 0 Å². The fourth-order valence-electron chi connectivity index (χ4n) is 1.03. The third kappa shape index (κ3) is 0.724. The van der Waals surface area contributed by atoms with Crippen LogP contribution in [0.25, 0.3) is 5.52 Å². The van der Waals surface area contributed by atoms with E-state index in [1.807, 2.05) is 0 Å². The molecule has 0 unspecified atom stereocenters. The molecule has 0 spiro atoms. The summed E-state index contributed by atoms with van der Waals surface area (Å²) >= 11 is 0. The predicted octanol–water partition coefficient (Wildman–Crippen LogP) is 0.622. The number of fused-ring (bicyclic) bond motifs is 1. The van der Waals surface area contributed by atoms with E-state index in [4.69, 9.17) is 5.73 Å². The summed E-state index contributed by atoms with van der Waals surface area (Å²) in [7, 11) is 0. The highest BCUT2D eigenvalue weighted by atomic mass is 16.3. The van der Waals surface area contributed by atoms with Gasteiger partial charge in [-0.3, -0.25) is 4.40 Å². The van der Waals surface area contributed by atoms with Gasteiger partial charge in [-0.25, -0.2) is 4.98 Å². The molecule has 0 aliphatic rings. The molecule has 2 heterocycles. The first-order chi connectivity index (χ1) is 5.29. The average molecular weight is 149 g/mol. The van der Waals surface area contributed by atoms with Gasteiger partial charge in [-0.05, 0) is 12.1 Å². The minimum absolute atomic E-state index is 0.191. The van der Waals surface area contributed by atoms with Crippen LogP contribution in [0.15, 0.2) is 24.5 Å². The largest absolute Gasteiger partial charge is 0.506 e. The molecule has 0 saturated carbocycles. The number of pyridine rings is 1. The number of nitrogens with zero attached hydrogens (tertiary/aromatic N) is 2. The van der Waals surface area contributed by atoms with Crippen LogP contribution in [0, 0.1) is 0 Å². The summed E-state index contributed by atoms with van der Waals surface area (Å²) in [6.07, 6.45) is 3.28. The number of aromatic nitrogens is 2. The standard InChI is InChI=1S/C7H7N3O/c8-7-9-4-5-6(11)2-1-3-10(5)7/h1-4,11H,(H2,8,9). The maximum Gasteiger partial charge on any atom is 0.204 e. The van der Waals surface area contributed by atoms with E-state index in [-0.39, 0.29) is 5.75 Å². The van der Waals surface area contributed by atoms with Crippen molar-refractivity contribution in [2.45, 2.75) is 0 Å². The average Bonchev–Trinajstić information content (AvgIpc) is 2.35. The fraction of sp³-hybridized carbons (Fsp3) is 0. The topological polar surface area (TPSA) is 63.5 Å². The van der Waals surface area contributed by atoms with Gasteiger partial charge in [-0.1, -0.05) is 0 Å². The van der Waals surface area contributed by atoms with Gasteiger partial charge in [0.2, 0.25) is 5.95 Å². The van der Waals surface area contributed by atoms with Gasteiger partial charge in [0.15, 0.2) is 0 Å². The molecule has 0 fully saturated rings. The second kappa shape index (κ2) is 1.88. The van der Waals surface area contributed by atoms with E-state index in [0.29, 0.717) is 11.5 Å². The van der Waals surface area contributed by atoms with Crippen molar-refractivity contribution in [3.05, 3.63) is 24.5 Å². The first-order valence-corrected chi connectivity index (χ1v) is 3.19. The fourth-order valence-corrected chi connectivity index (χ4v) is 1.03. The van der Waals surface area contributed by atoms with Crippen LogP contribution in [-0.4, -0.2) is 14.5 Å². The summed E-state index contributed by atoms with van der Waals surface area (Å²) in [6.45, 7) is 0. The highest BCUT2D eigenvalue weighted by Crippen LogP contribution is 2.18. The molecule has 4 nitrogen and oxygen atoms in total. The van der Waals surface area contributed by atoms with Gasteiger partial charge in [0, 0.05) is 6.20 Å². The molecular formula is C7H7N3O. The minimum atomic E-state index is 0.191. The number of hydrogen-bond donors (Lipinski definition) is 2. The Bertz CT molecular complexity index is 393. The molecule has 0 radical (unpaired) electrons. The zero-order valence-electron chi connectivity index (χ0n) is 5.73. The Labute approximate surface area is 62.9 Å². The number of aromatic hydroxyl groups is 1. The third-order valence-electron chi connectivity index (χ3n) is 1.58. The monoisotopic (exact) mass is 149 g/mol. The summed E-state index contributed by atoms with van der Waals surface area (Å²) < 4.78 is 1.62. The van der Waals surface area contributed by atoms with Gasteiger partial charge in [-0.15, -0.1) is 0 Å². The Hall–Kier alpha value is -1.71. The zero-order chi connectivity index (χ0) is 7.84. The van der Waals surface area contributed by atoms with Crippen LogP contribution in [0.1, 0.15) is 0 Å². The number of nitrogens with two attached hydrogens (primary N) is 1. The molecule has 0 bridgehead atoms. The predicted molar refractivity (Wildman–Crippen MR) is 41.3 cm³/mol. The Morgan fingerprint density at radius 2 is 2.36 bits per heavy atom. The van der Waals surface area contributed by atoms with E-state index in [1.165, 1.54) is 6.20 Å². The molecule has 2 rings (SSSR count). The molecule has 2 aromatic rings. The molecule has 2 aromatic heterocycles. The number of nitrogen functional groups attached to an aromatic ring is 1. The van der Waals surface area contributed by atoms with Crippen LogP contribution >= 0.6 is 0 Å². The summed E-state index contributed by atoms with van der Waals surface area (Å²) in [6, 6.07) is 3.30. The second-order valence-corrected chi connectivity index (χ2v) is 2.27. The van der Waals surface area contributed by atoms with Gasteiger partial charge in [0.25, 0.3) is 0 Å². The highest BCUT2D eigenvalue weighted by Gasteiger charge is 2.01. The first kappa shape index (κ1) is 6.03. The molecule has 56 valence electrons. The van der Waals surface area contributed by atoms with Crippen molar-refractivity contribution < 1.29 is 5.11 Å². The van der Waals surface area contributed by atoms with Gasteiger partial charge >= 0.3 is 0 Å². The minimum Gasteiger partial charge on any atom is -0.506 e. The van der Waals surface area contributed by atoms with E-state index in [0.717, 1.165) is 0 Å². The summed E-state index contributed by atoms with van der Waals surface area (Å²) in [5.74, 6) is 0.576. The lowest BCUT2D eigenvalue weighted by Gasteiger charge is -1.95.